The number of nitrogens with zero attached hydrogens (tertiary/aromatic N) is 2. The lowest BCUT2D eigenvalue weighted by molar-refractivity contribution is 0.0909. The Kier molecular flexibility index (Phi) is 5.31. The van der Waals surface area contributed by atoms with E-state index in [4.69, 9.17) is 10.8 Å². The maximum atomic E-state index is 15.2. The molecule has 5 rings (SSSR count). The van der Waals surface area contributed by atoms with Crippen LogP contribution >= 0.6 is 0 Å². The molecule has 1 heterocycles. The third-order valence-corrected chi connectivity index (χ3v) is 7.18. The predicted molar refractivity (Wildman–Crippen MR) is 122 cm³/mol. The number of halogens is 1. The highest BCUT2D eigenvalue weighted by Crippen LogP contribution is 2.40. The summed E-state index contributed by atoms with van der Waals surface area (Å²) in [5.74, 6) is -0.980. The minimum atomic E-state index is -0.873. The van der Waals surface area contributed by atoms with Gasteiger partial charge in [0.25, 0.3) is 5.91 Å². The van der Waals surface area contributed by atoms with Crippen LogP contribution in [0.5, 0.6) is 0 Å². The van der Waals surface area contributed by atoms with E-state index in [-0.39, 0.29) is 28.5 Å². The number of amides is 1. The molecule has 2 saturated carbocycles. The zero-order valence-electron chi connectivity index (χ0n) is 19.2. The number of nitrogens with one attached hydrogen (secondary N) is 1. The standard InChI is InChI=1S/C25H31FN4O3/c1-25(2)11-19-23(21(32)12-25)18(8-13-6-7-13)29-30(19)14-9-15(26)22(24(27)33)17(10-14)28-16-4-3-5-20(16)31/h9-10,13,16,20,28,31H,3-8,11-12H2,1-2H3,(H2,27,33). The molecule has 176 valence electrons. The van der Waals surface area contributed by atoms with Gasteiger partial charge < -0.3 is 16.2 Å². The van der Waals surface area contributed by atoms with Gasteiger partial charge in [0.2, 0.25) is 0 Å². The number of aliphatic hydroxyl groups is 1. The molecular formula is C25H31FN4O3. The summed E-state index contributed by atoms with van der Waals surface area (Å²) in [4.78, 5) is 25.1. The molecule has 1 aromatic heterocycles. The largest absolute Gasteiger partial charge is 0.391 e. The molecule has 0 bridgehead atoms. The molecule has 33 heavy (non-hydrogen) atoms. The van der Waals surface area contributed by atoms with Gasteiger partial charge in [0.05, 0.1) is 46.0 Å². The number of rotatable bonds is 6. The van der Waals surface area contributed by atoms with E-state index in [1.165, 1.54) is 6.07 Å². The molecule has 3 aliphatic carbocycles. The van der Waals surface area contributed by atoms with E-state index in [9.17, 15) is 14.7 Å². The van der Waals surface area contributed by atoms with Gasteiger partial charge in [-0.05, 0) is 62.3 Å². The van der Waals surface area contributed by atoms with Gasteiger partial charge in [-0.2, -0.15) is 5.10 Å². The van der Waals surface area contributed by atoms with Gasteiger partial charge in [-0.3, -0.25) is 9.59 Å². The van der Waals surface area contributed by atoms with Gasteiger partial charge in [0.15, 0.2) is 5.78 Å². The fraction of sp³-hybridized carbons (Fsp3) is 0.560. The lowest BCUT2D eigenvalue weighted by atomic mass is 9.75. The smallest absolute Gasteiger partial charge is 0.253 e. The summed E-state index contributed by atoms with van der Waals surface area (Å²) in [7, 11) is 0. The number of primary amides is 1. The van der Waals surface area contributed by atoms with E-state index in [0.717, 1.165) is 43.5 Å². The van der Waals surface area contributed by atoms with Crippen molar-refractivity contribution in [3.63, 3.8) is 0 Å². The van der Waals surface area contributed by atoms with Crippen molar-refractivity contribution in [2.45, 2.75) is 77.4 Å². The number of fused-ring (bicyclic) bond motifs is 1. The second-order valence-electron chi connectivity index (χ2n) is 10.7. The number of ketones is 1. The highest BCUT2D eigenvalue weighted by Gasteiger charge is 2.38. The van der Waals surface area contributed by atoms with Gasteiger partial charge in [-0.15, -0.1) is 0 Å². The van der Waals surface area contributed by atoms with Crippen molar-refractivity contribution >= 4 is 17.4 Å². The highest BCUT2D eigenvalue weighted by atomic mass is 19.1. The van der Waals surface area contributed by atoms with Crippen molar-refractivity contribution in [1.82, 2.24) is 9.78 Å². The summed E-state index contributed by atoms with van der Waals surface area (Å²) >= 11 is 0. The Hall–Kier alpha value is -2.74. The van der Waals surface area contributed by atoms with Crippen LogP contribution < -0.4 is 11.1 Å². The molecule has 0 aliphatic heterocycles. The third-order valence-electron chi connectivity index (χ3n) is 7.18. The van der Waals surface area contributed by atoms with E-state index >= 15 is 4.39 Å². The van der Waals surface area contributed by atoms with E-state index < -0.39 is 17.8 Å². The third kappa shape index (κ3) is 4.16. The Morgan fingerprint density at radius 3 is 2.67 bits per heavy atom. The number of benzene rings is 1. The van der Waals surface area contributed by atoms with E-state index in [2.05, 4.69) is 19.2 Å². The van der Waals surface area contributed by atoms with E-state index in [1.54, 1.807) is 10.7 Å². The van der Waals surface area contributed by atoms with Crippen LogP contribution in [-0.2, 0) is 12.8 Å². The fourth-order valence-corrected chi connectivity index (χ4v) is 5.37. The first kappa shape index (κ1) is 22.1. The van der Waals surface area contributed by atoms with Crippen LogP contribution in [0.4, 0.5) is 10.1 Å². The summed E-state index contributed by atoms with van der Waals surface area (Å²) in [6.07, 6.45) is 5.79. The number of carbonyl (C=O) groups excluding carboxylic acids is 2. The first-order valence-corrected chi connectivity index (χ1v) is 11.9. The average molecular weight is 455 g/mol. The van der Waals surface area contributed by atoms with Gasteiger partial charge in [0, 0.05) is 12.5 Å². The van der Waals surface area contributed by atoms with Crippen LogP contribution in [0.1, 0.15) is 84.5 Å². The van der Waals surface area contributed by atoms with Gasteiger partial charge >= 0.3 is 0 Å². The second-order valence-corrected chi connectivity index (χ2v) is 10.7. The monoisotopic (exact) mass is 454 g/mol. The van der Waals surface area contributed by atoms with Crippen LogP contribution in [0.25, 0.3) is 5.69 Å². The molecule has 0 saturated heterocycles. The van der Waals surface area contributed by atoms with Crippen LogP contribution in [0.2, 0.25) is 0 Å². The molecule has 2 atom stereocenters. The SMILES string of the molecule is CC1(C)CC(=O)c2c(CC3CC3)nn(-c3cc(F)c(C(N)=O)c(NC4CCCC4O)c3)c2C1. The molecule has 2 aromatic rings. The molecule has 2 unspecified atom stereocenters. The second kappa shape index (κ2) is 7.94. The molecule has 4 N–H and O–H groups in total. The van der Waals surface area contributed by atoms with E-state index in [1.807, 2.05) is 0 Å². The van der Waals surface area contributed by atoms with Crippen LogP contribution in [0, 0.1) is 17.2 Å². The molecule has 1 amide bonds. The van der Waals surface area contributed by atoms with E-state index in [0.29, 0.717) is 36.4 Å². The quantitative estimate of drug-likeness (QED) is 0.618. The number of anilines is 1. The number of aromatic nitrogens is 2. The van der Waals surface area contributed by atoms with Crippen molar-refractivity contribution in [2.24, 2.45) is 17.1 Å². The van der Waals surface area contributed by atoms with Crippen molar-refractivity contribution in [3.8, 4) is 5.69 Å². The van der Waals surface area contributed by atoms with Crippen molar-refractivity contribution in [1.29, 1.82) is 0 Å². The lowest BCUT2D eigenvalue weighted by Crippen LogP contribution is -2.30. The van der Waals surface area contributed by atoms with Crippen molar-refractivity contribution < 1.29 is 19.1 Å². The fourth-order valence-electron chi connectivity index (χ4n) is 5.37. The van der Waals surface area contributed by atoms with Crippen LogP contribution in [0.15, 0.2) is 12.1 Å². The van der Waals surface area contributed by atoms with Crippen molar-refractivity contribution in [2.75, 3.05) is 5.32 Å². The first-order valence-electron chi connectivity index (χ1n) is 11.9. The van der Waals surface area contributed by atoms with Crippen LogP contribution in [-0.4, -0.2) is 38.7 Å². The summed E-state index contributed by atoms with van der Waals surface area (Å²) in [5.41, 5.74) is 8.00. The summed E-state index contributed by atoms with van der Waals surface area (Å²) in [5, 5.41) is 18.2. The number of nitrogens with two attached hydrogens (primary N) is 1. The molecule has 0 radical (unpaired) electrons. The molecular weight excluding hydrogens is 423 g/mol. The Bertz CT molecular complexity index is 1140. The molecule has 8 heteroatoms. The Morgan fingerprint density at radius 2 is 2.03 bits per heavy atom. The maximum absolute atomic E-state index is 15.2. The summed E-state index contributed by atoms with van der Waals surface area (Å²) < 4.78 is 16.9. The molecule has 3 aliphatic rings. The van der Waals surface area contributed by atoms with Crippen molar-refractivity contribution in [3.05, 3.63) is 40.5 Å². The minimum absolute atomic E-state index is 0.0878. The molecule has 7 nitrogen and oxygen atoms in total. The highest BCUT2D eigenvalue weighted by molar-refractivity contribution is 6.00. The summed E-state index contributed by atoms with van der Waals surface area (Å²) in [6, 6.07) is 2.64. The average Bonchev–Trinajstić information content (AvgIpc) is 3.33. The zero-order valence-corrected chi connectivity index (χ0v) is 19.2. The lowest BCUT2D eigenvalue weighted by Gasteiger charge is -2.29. The Morgan fingerprint density at radius 1 is 1.27 bits per heavy atom. The number of hydrogen-bond donors (Lipinski definition) is 3. The van der Waals surface area contributed by atoms with Gasteiger partial charge in [0.1, 0.15) is 5.82 Å². The molecule has 1 aromatic carbocycles. The Labute approximate surface area is 192 Å². The normalized spacial score (nSPS) is 24.1. The first-order chi connectivity index (χ1) is 15.6. The topological polar surface area (TPSA) is 110 Å². The van der Waals surface area contributed by atoms with Gasteiger partial charge in [-0.25, -0.2) is 9.07 Å². The number of carbonyl (C=O) groups is 2. The summed E-state index contributed by atoms with van der Waals surface area (Å²) in [6.45, 7) is 4.11. The maximum Gasteiger partial charge on any atom is 0.253 e. The number of aliphatic hydroxyl groups excluding tert-OH is 1. The number of hydrogen-bond acceptors (Lipinski definition) is 5. The molecule has 2 fully saturated rings. The predicted octanol–water partition coefficient (Wildman–Crippen LogP) is 3.54. The minimum Gasteiger partial charge on any atom is -0.391 e. The Balaban J connectivity index is 1.63. The van der Waals surface area contributed by atoms with Gasteiger partial charge in [-0.1, -0.05) is 13.8 Å². The van der Waals surface area contributed by atoms with Crippen LogP contribution in [0.3, 0.4) is 0 Å². The zero-order chi connectivity index (χ0) is 23.5. The number of Topliss-reactive ketones (excluding diaryl/α,β-unsaturated/α-hetero) is 1. The molecule has 0 spiro atoms.